The molecule has 1 aliphatic rings. The number of aryl methyl sites for hydroxylation is 2. The second-order valence-electron chi connectivity index (χ2n) is 7.72. The zero-order valence-electron chi connectivity index (χ0n) is 18.3. The number of nitrogens with zero attached hydrogens (tertiary/aromatic N) is 1. The molecule has 3 aromatic rings. The molecule has 3 aromatic carbocycles. The van der Waals surface area contributed by atoms with E-state index in [0.717, 1.165) is 21.6 Å². The molecule has 0 unspecified atom stereocenters. The number of para-hydroxylation sites is 1. The van der Waals surface area contributed by atoms with Gasteiger partial charge in [0.2, 0.25) is 0 Å². The number of anilines is 2. The van der Waals surface area contributed by atoms with Crippen molar-refractivity contribution in [1.29, 1.82) is 0 Å². The van der Waals surface area contributed by atoms with Crippen molar-refractivity contribution in [2.75, 3.05) is 10.2 Å². The van der Waals surface area contributed by atoms with Gasteiger partial charge in [-0.05, 0) is 73.9 Å². The zero-order valence-corrected chi connectivity index (χ0v) is 19.1. The monoisotopic (exact) mass is 460 g/mol. The summed E-state index contributed by atoms with van der Waals surface area (Å²) in [7, 11) is 0. The van der Waals surface area contributed by atoms with Crippen LogP contribution < -0.4 is 15.0 Å². The lowest BCUT2D eigenvalue weighted by Gasteiger charge is -2.15. The summed E-state index contributed by atoms with van der Waals surface area (Å²) in [5, 5.41) is 2.70. The third-order valence-corrected chi connectivity index (χ3v) is 5.85. The Kier molecular flexibility index (Phi) is 6.03. The van der Waals surface area contributed by atoms with Gasteiger partial charge in [0.25, 0.3) is 11.8 Å². The van der Waals surface area contributed by atoms with Crippen LogP contribution in [0.2, 0.25) is 0 Å². The average Bonchev–Trinajstić information content (AvgIpc) is 3.03. The first-order valence-corrected chi connectivity index (χ1v) is 10.7. The van der Waals surface area contributed by atoms with E-state index in [-0.39, 0.29) is 10.7 Å². The number of carbonyl (C=O) groups excluding carboxylic acids is 3. The summed E-state index contributed by atoms with van der Waals surface area (Å²) in [6, 6.07) is 18.8. The number of hydrogen-bond acceptors (Lipinski definition) is 5. The number of nitrogens with one attached hydrogen (secondary N) is 1. The van der Waals surface area contributed by atoms with Gasteiger partial charge >= 0.3 is 5.97 Å². The van der Waals surface area contributed by atoms with Crippen molar-refractivity contribution in [3.63, 3.8) is 0 Å². The quantitative estimate of drug-likeness (QED) is 0.319. The number of rotatable bonds is 5. The number of carbonyl (C=O) groups is 3. The lowest BCUT2D eigenvalue weighted by molar-refractivity contribution is -0.120. The van der Waals surface area contributed by atoms with Crippen molar-refractivity contribution < 1.29 is 19.1 Å². The molecule has 0 aromatic heterocycles. The van der Waals surface area contributed by atoms with E-state index in [1.807, 2.05) is 32.9 Å². The van der Waals surface area contributed by atoms with Crippen LogP contribution in [-0.2, 0) is 9.59 Å². The molecule has 33 heavy (non-hydrogen) atoms. The molecule has 0 spiro atoms. The fourth-order valence-corrected chi connectivity index (χ4v) is 3.70. The lowest BCUT2D eigenvalue weighted by atomic mass is 10.1. The van der Waals surface area contributed by atoms with Gasteiger partial charge in [-0.1, -0.05) is 41.9 Å². The van der Waals surface area contributed by atoms with E-state index in [2.05, 4.69) is 5.32 Å². The molecule has 1 heterocycles. The minimum absolute atomic E-state index is 0.0214. The van der Waals surface area contributed by atoms with E-state index >= 15 is 0 Å². The summed E-state index contributed by atoms with van der Waals surface area (Å²) in [4.78, 5) is 39.0. The van der Waals surface area contributed by atoms with Crippen molar-refractivity contribution in [1.82, 2.24) is 0 Å². The normalized spacial score (nSPS) is 13.5. The average molecular weight is 461 g/mol. The second kappa shape index (κ2) is 8.92. The SMILES string of the molecule is Cc1ccc(C)c(OC(=O)c2ccc(NC3=C(Cl)C(=O)N(c4ccccc4)C3=O)cc2)c1C. The highest BCUT2D eigenvalue weighted by Gasteiger charge is 2.38. The van der Waals surface area contributed by atoms with E-state index in [4.69, 9.17) is 16.3 Å². The fraction of sp³-hybridized carbons (Fsp3) is 0.115. The van der Waals surface area contributed by atoms with Gasteiger partial charge in [0.1, 0.15) is 16.5 Å². The molecule has 7 heteroatoms. The minimum Gasteiger partial charge on any atom is -0.422 e. The number of hydrogen-bond donors (Lipinski definition) is 1. The van der Waals surface area contributed by atoms with E-state index in [1.54, 1.807) is 54.6 Å². The smallest absolute Gasteiger partial charge is 0.343 e. The predicted molar refractivity (Wildman–Crippen MR) is 127 cm³/mol. The Hall–Kier alpha value is -3.90. The maximum Gasteiger partial charge on any atom is 0.343 e. The summed E-state index contributed by atoms with van der Waals surface area (Å²) >= 11 is 6.16. The summed E-state index contributed by atoms with van der Waals surface area (Å²) in [6.07, 6.45) is 0. The van der Waals surface area contributed by atoms with Crippen LogP contribution in [0, 0.1) is 20.8 Å². The lowest BCUT2D eigenvalue weighted by Crippen LogP contribution is -2.32. The van der Waals surface area contributed by atoms with Crippen LogP contribution in [-0.4, -0.2) is 17.8 Å². The fourth-order valence-electron chi connectivity index (χ4n) is 3.49. The molecular weight excluding hydrogens is 440 g/mol. The molecule has 166 valence electrons. The van der Waals surface area contributed by atoms with Gasteiger partial charge in [-0.3, -0.25) is 9.59 Å². The van der Waals surface area contributed by atoms with Gasteiger partial charge in [-0.25, -0.2) is 9.69 Å². The zero-order chi connectivity index (χ0) is 23.7. The van der Waals surface area contributed by atoms with E-state index < -0.39 is 17.8 Å². The molecule has 1 aliphatic heterocycles. The minimum atomic E-state index is -0.598. The molecular formula is C26H21ClN2O4. The molecule has 1 N–H and O–H groups in total. The topological polar surface area (TPSA) is 75.7 Å². The number of halogens is 1. The first-order valence-electron chi connectivity index (χ1n) is 10.3. The highest BCUT2D eigenvalue weighted by Crippen LogP contribution is 2.30. The second-order valence-corrected chi connectivity index (χ2v) is 8.09. The highest BCUT2D eigenvalue weighted by molar-refractivity contribution is 6.53. The van der Waals surface area contributed by atoms with E-state index in [9.17, 15) is 14.4 Å². The highest BCUT2D eigenvalue weighted by atomic mass is 35.5. The molecule has 6 nitrogen and oxygen atoms in total. The summed E-state index contributed by atoms with van der Waals surface area (Å²) < 4.78 is 5.63. The Balaban J connectivity index is 1.50. The number of ether oxygens (including phenoxy) is 1. The molecule has 0 fully saturated rings. The largest absolute Gasteiger partial charge is 0.422 e. The standard InChI is InChI=1S/C26H21ClN2O4/c1-15-9-10-16(2)23(17(15)3)33-26(32)18-11-13-19(14-12-18)28-22-21(27)24(30)29(25(22)31)20-7-5-4-6-8-20/h4-14,28H,1-3H3. The van der Waals surface area contributed by atoms with E-state index in [0.29, 0.717) is 22.7 Å². The number of imide groups is 1. The van der Waals surface area contributed by atoms with Crippen molar-refractivity contribution in [2.45, 2.75) is 20.8 Å². The molecule has 0 aliphatic carbocycles. The van der Waals surface area contributed by atoms with Crippen LogP contribution in [0.4, 0.5) is 11.4 Å². The molecule has 0 atom stereocenters. The van der Waals surface area contributed by atoms with Crippen LogP contribution in [0.3, 0.4) is 0 Å². The molecule has 0 saturated carbocycles. The predicted octanol–water partition coefficient (Wildman–Crippen LogP) is 5.27. The number of amides is 2. The summed E-state index contributed by atoms with van der Waals surface area (Å²) in [5.41, 5.74) is 4.08. The Bertz CT molecular complexity index is 1300. The van der Waals surface area contributed by atoms with Crippen molar-refractivity contribution in [3.8, 4) is 5.75 Å². The van der Waals surface area contributed by atoms with Gasteiger partial charge in [-0.2, -0.15) is 0 Å². The molecule has 0 saturated heterocycles. The Morgan fingerprint density at radius 2 is 1.48 bits per heavy atom. The first kappa shape index (κ1) is 22.3. The van der Waals surface area contributed by atoms with Gasteiger partial charge in [-0.15, -0.1) is 0 Å². The van der Waals surface area contributed by atoms with Crippen LogP contribution in [0.1, 0.15) is 27.0 Å². The Morgan fingerprint density at radius 1 is 0.848 bits per heavy atom. The van der Waals surface area contributed by atoms with Crippen molar-refractivity contribution in [2.24, 2.45) is 0 Å². The maximum absolute atomic E-state index is 12.8. The van der Waals surface area contributed by atoms with Gasteiger partial charge in [0.15, 0.2) is 0 Å². The van der Waals surface area contributed by atoms with Gasteiger partial charge in [0.05, 0.1) is 11.3 Å². The van der Waals surface area contributed by atoms with Crippen LogP contribution in [0.5, 0.6) is 5.75 Å². The Morgan fingerprint density at radius 3 is 2.15 bits per heavy atom. The van der Waals surface area contributed by atoms with Crippen LogP contribution in [0.15, 0.2) is 77.5 Å². The molecule has 2 amide bonds. The maximum atomic E-state index is 12.8. The van der Waals surface area contributed by atoms with Crippen molar-refractivity contribution >= 4 is 40.8 Å². The molecule has 0 radical (unpaired) electrons. The first-order chi connectivity index (χ1) is 15.8. The van der Waals surface area contributed by atoms with E-state index in [1.165, 1.54) is 0 Å². The summed E-state index contributed by atoms with van der Waals surface area (Å²) in [6.45, 7) is 5.76. The third-order valence-electron chi connectivity index (χ3n) is 5.50. The summed E-state index contributed by atoms with van der Waals surface area (Å²) in [5.74, 6) is -1.09. The number of benzene rings is 3. The molecule has 0 bridgehead atoms. The van der Waals surface area contributed by atoms with Crippen LogP contribution >= 0.6 is 11.6 Å². The van der Waals surface area contributed by atoms with Gasteiger partial charge in [0, 0.05) is 5.69 Å². The Labute approximate surface area is 196 Å². The third kappa shape index (κ3) is 4.25. The van der Waals surface area contributed by atoms with Crippen LogP contribution in [0.25, 0.3) is 0 Å². The van der Waals surface area contributed by atoms with Crippen molar-refractivity contribution in [3.05, 3.63) is 99.7 Å². The molecule has 4 rings (SSSR count). The van der Waals surface area contributed by atoms with Gasteiger partial charge < -0.3 is 10.1 Å². The number of esters is 1.